The minimum atomic E-state index is -4.33. The summed E-state index contributed by atoms with van der Waals surface area (Å²) in [5.41, 5.74) is 0.0348. The first-order chi connectivity index (χ1) is 7.00. The van der Waals surface area contributed by atoms with Gasteiger partial charge in [0, 0.05) is 11.6 Å². The van der Waals surface area contributed by atoms with Crippen LogP contribution < -0.4 is 5.11 Å². The van der Waals surface area contributed by atoms with Gasteiger partial charge in [0.15, 0.2) is 0 Å². The van der Waals surface area contributed by atoms with Crippen LogP contribution in [0.2, 0.25) is 0 Å². The molecule has 78 valence electrons. The maximum Gasteiger partial charge on any atom is 0.295 e. The van der Waals surface area contributed by atoms with E-state index in [1.54, 1.807) is 0 Å². The third kappa shape index (κ3) is 1.64. The highest BCUT2D eigenvalue weighted by Gasteiger charge is 2.13. The summed E-state index contributed by atoms with van der Waals surface area (Å²) in [5.74, 6) is -0.377. The van der Waals surface area contributed by atoms with Crippen molar-refractivity contribution in [3.05, 3.63) is 30.5 Å². The van der Waals surface area contributed by atoms with Crippen molar-refractivity contribution in [3.8, 4) is 5.75 Å². The molecule has 2 aromatic rings. The molecule has 0 unspecified atom stereocenters. The Kier molecular flexibility index (Phi) is 2.09. The van der Waals surface area contributed by atoms with E-state index in [9.17, 15) is 13.5 Å². The van der Waals surface area contributed by atoms with E-state index >= 15 is 0 Å². The molecule has 0 saturated heterocycles. The van der Waals surface area contributed by atoms with Gasteiger partial charge in [-0.05, 0) is 18.2 Å². The highest BCUT2D eigenvalue weighted by atomic mass is 32.2. The molecule has 0 fully saturated rings. The summed E-state index contributed by atoms with van der Waals surface area (Å²) >= 11 is 0. The van der Waals surface area contributed by atoms with Gasteiger partial charge in [-0.15, -0.1) is 0 Å². The van der Waals surface area contributed by atoms with Gasteiger partial charge >= 0.3 is 0 Å². The van der Waals surface area contributed by atoms with Gasteiger partial charge in [-0.3, -0.25) is 9.54 Å². The largest absolute Gasteiger partial charge is 0.871 e. The van der Waals surface area contributed by atoms with Crippen molar-refractivity contribution in [2.24, 2.45) is 0 Å². The van der Waals surface area contributed by atoms with Crippen LogP contribution >= 0.6 is 0 Å². The first kappa shape index (κ1) is 9.88. The molecule has 0 atom stereocenters. The highest BCUT2D eigenvalue weighted by Crippen LogP contribution is 2.26. The van der Waals surface area contributed by atoms with Crippen LogP contribution in [0.5, 0.6) is 5.75 Å². The molecule has 5 nitrogen and oxygen atoms in total. The standard InChI is InChI=1S/C9H7NO4S/c11-7-3-4-8(15(12,13)14)6-2-1-5-10-9(6)7/h1-5,11H,(H,12,13,14)/p-1. The number of fused-ring (bicyclic) bond motifs is 1. The van der Waals surface area contributed by atoms with E-state index in [1.807, 2.05) is 0 Å². The summed E-state index contributed by atoms with van der Waals surface area (Å²) in [5, 5.41) is 11.5. The third-order valence-electron chi connectivity index (χ3n) is 1.97. The fraction of sp³-hybridized carbons (Fsp3) is 0. The second-order valence-electron chi connectivity index (χ2n) is 2.94. The fourth-order valence-electron chi connectivity index (χ4n) is 1.35. The Bertz CT molecular complexity index is 621. The summed E-state index contributed by atoms with van der Waals surface area (Å²) in [6, 6.07) is 5.06. The molecular weight excluding hydrogens is 218 g/mol. The molecule has 0 radical (unpaired) electrons. The molecule has 0 aliphatic rings. The lowest BCUT2D eigenvalue weighted by Crippen LogP contribution is -2.01. The van der Waals surface area contributed by atoms with E-state index < -0.39 is 10.1 Å². The molecular formula is C9H6NO4S-. The van der Waals surface area contributed by atoms with Gasteiger partial charge in [-0.1, -0.05) is 11.8 Å². The molecule has 6 heteroatoms. The number of hydrogen-bond acceptors (Lipinski definition) is 4. The van der Waals surface area contributed by atoms with Crippen LogP contribution in [0.4, 0.5) is 0 Å². The quantitative estimate of drug-likeness (QED) is 0.714. The molecule has 1 aromatic carbocycles. The first-order valence-electron chi connectivity index (χ1n) is 4.02. The summed E-state index contributed by atoms with van der Waals surface area (Å²) in [7, 11) is -4.33. The monoisotopic (exact) mass is 224 g/mol. The number of aromatic nitrogens is 1. The van der Waals surface area contributed by atoms with Gasteiger partial charge < -0.3 is 5.11 Å². The number of benzene rings is 1. The van der Waals surface area contributed by atoms with E-state index in [0.29, 0.717) is 0 Å². The van der Waals surface area contributed by atoms with Crippen molar-refractivity contribution >= 4 is 21.0 Å². The Hall–Kier alpha value is -1.66. The molecule has 2 rings (SSSR count). The Morgan fingerprint density at radius 1 is 1.27 bits per heavy atom. The average Bonchev–Trinajstić information content (AvgIpc) is 2.17. The van der Waals surface area contributed by atoms with Crippen LogP contribution in [0.3, 0.4) is 0 Å². The minimum absolute atomic E-state index is 0.0348. The van der Waals surface area contributed by atoms with Crippen LogP contribution in [0.25, 0.3) is 10.9 Å². The van der Waals surface area contributed by atoms with Crippen LogP contribution in [0, 0.1) is 0 Å². The fourth-order valence-corrected chi connectivity index (χ4v) is 2.03. The minimum Gasteiger partial charge on any atom is -0.871 e. The SMILES string of the molecule is O=S(=O)(O)c1ccc([O-])c2ncccc12. The Balaban J connectivity index is 2.96. The first-order valence-corrected chi connectivity index (χ1v) is 5.46. The smallest absolute Gasteiger partial charge is 0.295 e. The Labute approximate surface area is 85.8 Å². The second kappa shape index (κ2) is 3.18. The van der Waals surface area contributed by atoms with Crippen molar-refractivity contribution in [2.75, 3.05) is 0 Å². The predicted octanol–water partition coefficient (Wildman–Crippen LogP) is 0.555. The van der Waals surface area contributed by atoms with Gasteiger partial charge in [0.1, 0.15) is 4.90 Å². The lowest BCUT2D eigenvalue weighted by atomic mass is 10.2. The second-order valence-corrected chi connectivity index (χ2v) is 4.33. The van der Waals surface area contributed by atoms with Gasteiger partial charge in [-0.2, -0.15) is 8.42 Å². The van der Waals surface area contributed by atoms with Crippen LogP contribution in [-0.2, 0) is 10.1 Å². The summed E-state index contributed by atoms with van der Waals surface area (Å²) in [6.07, 6.45) is 1.39. The Morgan fingerprint density at radius 3 is 2.67 bits per heavy atom. The molecule has 0 aliphatic heterocycles. The van der Waals surface area contributed by atoms with Crippen molar-refractivity contribution in [1.29, 1.82) is 0 Å². The van der Waals surface area contributed by atoms with Crippen molar-refractivity contribution < 1.29 is 18.1 Å². The molecule has 0 bridgehead atoms. The summed E-state index contributed by atoms with van der Waals surface area (Å²) in [4.78, 5) is 3.47. The average molecular weight is 224 g/mol. The number of rotatable bonds is 1. The summed E-state index contributed by atoms with van der Waals surface area (Å²) < 4.78 is 30.9. The molecule has 1 N–H and O–H groups in total. The zero-order chi connectivity index (χ0) is 11.1. The molecule has 0 spiro atoms. The van der Waals surface area contributed by atoms with Crippen molar-refractivity contribution in [3.63, 3.8) is 0 Å². The Morgan fingerprint density at radius 2 is 2.00 bits per heavy atom. The maximum atomic E-state index is 11.3. The lowest BCUT2D eigenvalue weighted by molar-refractivity contribution is -0.266. The topological polar surface area (TPSA) is 90.3 Å². The summed E-state index contributed by atoms with van der Waals surface area (Å²) in [6.45, 7) is 0. The van der Waals surface area contributed by atoms with Crippen LogP contribution in [0.15, 0.2) is 35.4 Å². The normalized spacial score (nSPS) is 11.8. The highest BCUT2D eigenvalue weighted by molar-refractivity contribution is 7.86. The maximum absolute atomic E-state index is 11.3. The van der Waals surface area contributed by atoms with Crippen molar-refractivity contribution in [1.82, 2.24) is 4.98 Å². The molecule has 0 amide bonds. The van der Waals surface area contributed by atoms with E-state index in [-0.39, 0.29) is 21.5 Å². The third-order valence-corrected chi connectivity index (χ3v) is 2.88. The van der Waals surface area contributed by atoms with Gasteiger partial charge in [0.2, 0.25) is 0 Å². The molecule has 1 heterocycles. The van der Waals surface area contributed by atoms with Gasteiger partial charge in [-0.25, -0.2) is 0 Å². The zero-order valence-corrected chi connectivity index (χ0v) is 8.23. The predicted molar refractivity (Wildman–Crippen MR) is 51.0 cm³/mol. The number of hydrogen-bond donors (Lipinski definition) is 1. The van der Waals surface area contributed by atoms with Crippen LogP contribution in [-0.4, -0.2) is 18.0 Å². The van der Waals surface area contributed by atoms with Gasteiger partial charge in [0.05, 0.1) is 5.52 Å². The van der Waals surface area contributed by atoms with E-state index in [0.717, 1.165) is 12.1 Å². The zero-order valence-electron chi connectivity index (χ0n) is 7.41. The van der Waals surface area contributed by atoms with E-state index in [4.69, 9.17) is 4.55 Å². The van der Waals surface area contributed by atoms with E-state index in [1.165, 1.54) is 18.3 Å². The lowest BCUT2D eigenvalue weighted by Gasteiger charge is -2.10. The molecule has 0 aliphatic carbocycles. The number of pyridine rings is 1. The molecule has 15 heavy (non-hydrogen) atoms. The molecule has 0 saturated carbocycles. The molecule has 1 aromatic heterocycles. The van der Waals surface area contributed by atoms with E-state index in [2.05, 4.69) is 4.98 Å². The van der Waals surface area contributed by atoms with Crippen molar-refractivity contribution in [2.45, 2.75) is 4.90 Å². The van der Waals surface area contributed by atoms with Crippen LogP contribution in [0.1, 0.15) is 0 Å². The van der Waals surface area contributed by atoms with Gasteiger partial charge in [0.25, 0.3) is 10.1 Å². The number of nitrogens with zero attached hydrogens (tertiary/aromatic N) is 1.